The molecular formula is C12H10BrClFNO2. The highest BCUT2D eigenvalue weighted by atomic mass is 79.9. The van der Waals surface area contributed by atoms with E-state index < -0.39 is 17.5 Å². The van der Waals surface area contributed by atoms with Crippen molar-refractivity contribution in [3.63, 3.8) is 0 Å². The van der Waals surface area contributed by atoms with Crippen molar-refractivity contribution in [2.75, 3.05) is 16.8 Å². The quantitative estimate of drug-likeness (QED) is 0.629. The number of hydrogen-bond acceptors (Lipinski definition) is 2. The van der Waals surface area contributed by atoms with Crippen LogP contribution in [-0.4, -0.2) is 23.6 Å². The van der Waals surface area contributed by atoms with Gasteiger partial charge in [-0.05, 0) is 18.1 Å². The number of hydrogen-bond donors (Lipinski definition) is 0. The zero-order valence-electron chi connectivity index (χ0n) is 9.54. The molecule has 3 nitrogen and oxygen atoms in total. The van der Waals surface area contributed by atoms with Crippen LogP contribution < -0.4 is 4.90 Å². The van der Waals surface area contributed by atoms with Gasteiger partial charge in [-0.25, -0.2) is 4.39 Å². The number of rotatable bonds is 3. The van der Waals surface area contributed by atoms with Crippen LogP contribution in [0.3, 0.4) is 0 Å². The minimum absolute atomic E-state index is 0.00491. The van der Waals surface area contributed by atoms with E-state index >= 15 is 0 Å². The second-order valence-electron chi connectivity index (χ2n) is 4.26. The Morgan fingerprint density at radius 1 is 1.44 bits per heavy atom. The first-order valence-electron chi connectivity index (χ1n) is 5.37. The van der Waals surface area contributed by atoms with Crippen molar-refractivity contribution in [2.24, 2.45) is 5.92 Å². The molecule has 18 heavy (non-hydrogen) atoms. The molecule has 1 aliphatic heterocycles. The first-order valence-corrected chi connectivity index (χ1v) is 6.87. The van der Waals surface area contributed by atoms with Gasteiger partial charge < -0.3 is 4.90 Å². The van der Waals surface area contributed by atoms with Gasteiger partial charge in [0, 0.05) is 11.9 Å². The monoisotopic (exact) mass is 333 g/mol. The second kappa shape index (κ2) is 4.97. The van der Waals surface area contributed by atoms with E-state index in [2.05, 4.69) is 15.9 Å². The lowest BCUT2D eigenvalue weighted by molar-refractivity contribution is -0.114. The Labute approximate surface area is 117 Å². The van der Waals surface area contributed by atoms with Crippen molar-refractivity contribution in [1.82, 2.24) is 0 Å². The number of fused-ring (bicyclic) bond motifs is 1. The second-order valence-corrected chi connectivity index (χ2v) is 5.31. The maximum absolute atomic E-state index is 13.8. The number of anilines is 1. The number of benzene rings is 1. The zero-order chi connectivity index (χ0) is 13.4. The molecule has 1 heterocycles. The van der Waals surface area contributed by atoms with E-state index in [1.54, 1.807) is 0 Å². The van der Waals surface area contributed by atoms with Crippen LogP contribution in [0.25, 0.3) is 0 Å². The molecule has 1 unspecified atom stereocenters. The molecule has 1 atom stereocenters. The number of ketones is 1. The molecule has 96 valence electrons. The fourth-order valence-corrected chi connectivity index (χ4v) is 2.33. The van der Waals surface area contributed by atoms with Crippen LogP contribution in [0.5, 0.6) is 0 Å². The van der Waals surface area contributed by atoms with Crippen molar-refractivity contribution in [2.45, 2.75) is 6.92 Å². The van der Waals surface area contributed by atoms with Gasteiger partial charge in [0.15, 0.2) is 0 Å². The maximum atomic E-state index is 13.8. The number of Topliss-reactive ketones (excluding diaryl/α,β-unsaturated/α-hetero) is 1. The predicted molar refractivity (Wildman–Crippen MR) is 71.1 cm³/mol. The summed E-state index contributed by atoms with van der Waals surface area (Å²) in [6.07, 6.45) is 0. The van der Waals surface area contributed by atoms with E-state index in [1.807, 2.05) is 6.92 Å². The van der Waals surface area contributed by atoms with Gasteiger partial charge in [0.1, 0.15) is 5.82 Å². The van der Waals surface area contributed by atoms with Crippen LogP contribution in [0.1, 0.15) is 17.3 Å². The smallest absolute Gasteiger partial charge is 0.299 e. The molecule has 0 spiro atoms. The summed E-state index contributed by atoms with van der Waals surface area (Å²) in [5.74, 6) is -1.96. The van der Waals surface area contributed by atoms with Crippen LogP contribution >= 0.6 is 27.5 Å². The minimum atomic E-state index is -0.740. The largest absolute Gasteiger partial charge is 0.302 e. The van der Waals surface area contributed by atoms with Crippen molar-refractivity contribution in [1.29, 1.82) is 0 Å². The molecule has 1 aliphatic rings. The number of carbonyl (C=O) groups is 2. The number of halogens is 3. The van der Waals surface area contributed by atoms with Gasteiger partial charge in [-0.3, -0.25) is 9.59 Å². The SMILES string of the molecule is CC(CBr)CN1C(=O)C(=O)c2c(Cl)ccc(F)c21. The lowest BCUT2D eigenvalue weighted by Gasteiger charge is -2.20. The lowest BCUT2D eigenvalue weighted by atomic mass is 10.1. The Morgan fingerprint density at radius 3 is 2.72 bits per heavy atom. The van der Waals surface area contributed by atoms with Crippen LogP contribution in [0, 0.1) is 11.7 Å². The molecule has 0 bridgehead atoms. The minimum Gasteiger partial charge on any atom is -0.302 e. The Hall–Kier alpha value is -0.940. The van der Waals surface area contributed by atoms with Gasteiger partial charge in [0.25, 0.3) is 11.7 Å². The molecule has 0 aliphatic carbocycles. The normalized spacial score (nSPS) is 16.1. The van der Waals surface area contributed by atoms with Crippen molar-refractivity contribution < 1.29 is 14.0 Å². The van der Waals surface area contributed by atoms with Crippen LogP contribution in [0.2, 0.25) is 5.02 Å². The average Bonchev–Trinajstić information content (AvgIpc) is 2.60. The van der Waals surface area contributed by atoms with Crippen molar-refractivity contribution >= 4 is 44.9 Å². The highest BCUT2D eigenvalue weighted by Gasteiger charge is 2.40. The highest BCUT2D eigenvalue weighted by Crippen LogP contribution is 2.36. The topological polar surface area (TPSA) is 37.4 Å². The number of amides is 1. The van der Waals surface area contributed by atoms with Gasteiger partial charge in [0.05, 0.1) is 16.3 Å². The molecule has 1 amide bonds. The highest BCUT2D eigenvalue weighted by molar-refractivity contribution is 9.09. The zero-order valence-corrected chi connectivity index (χ0v) is 11.9. The lowest BCUT2D eigenvalue weighted by Crippen LogP contribution is -2.34. The molecule has 0 aromatic heterocycles. The van der Waals surface area contributed by atoms with E-state index in [9.17, 15) is 14.0 Å². The third-order valence-corrected chi connectivity index (χ3v) is 4.19. The van der Waals surface area contributed by atoms with Crippen molar-refractivity contribution in [3.8, 4) is 0 Å². The van der Waals surface area contributed by atoms with Gasteiger partial charge >= 0.3 is 0 Å². The summed E-state index contributed by atoms with van der Waals surface area (Å²) in [4.78, 5) is 24.8. The molecule has 0 radical (unpaired) electrons. The summed E-state index contributed by atoms with van der Waals surface area (Å²) >= 11 is 9.15. The molecule has 0 N–H and O–H groups in total. The standard InChI is InChI=1S/C12H10BrClFNO2/c1-6(4-13)5-16-10-8(15)3-2-7(14)9(10)11(17)12(16)18/h2-3,6H,4-5H2,1H3. The first kappa shape index (κ1) is 13.5. The van der Waals surface area contributed by atoms with Crippen molar-refractivity contribution in [3.05, 3.63) is 28.5 Å². The Kier molecular flexibility index (Phi) is 3.73. The fourth-order valence-electron chi connectivity index (χ4n) is 1.89. The molecule has 0 fully saturated rings. The van der Waals surface area contributed by atoms with Gasteiger partial charge in [0.2, 0.25) is 0 Å². The van der Waals surface area contributed by atoms with E-state index in [4.69, 9.17) is 11.6 Å². The molecule has 0 saturated carbocycles. The van der Waals surface area contributed by atoms with Gasteiger partial charge in [-0.2, -0.15) is 0 Å². The van der Waals surface area contributed by atoms with Gasteiger partial charge in [-0.15, -0.1) is 0 Å². The summed E-state index contributed by atoms with van der Waals surface area (Å²) in [7, 11) is 0. The predicted octanol–water partition coefficient (Wildman–Crippen LogP) is 3.04. The van der Waals surface area contributed by atoms with E-state index in [0.717, 1.165) is 0 Å². The summed E-state index contributed by atoms with van der Waals surface area (Å²) in [6, 6.07) is 2.46. The Bertz CT molecular complexity index is 535. The fraction of sp³-hybridized carbons (Fsp3) is 0.333. The van der Waals surface area contributed by atoms with E-state index in [0.29, 0.717) is 5.33 Å². The van der Waals surface area contributed by atoms with E-state index in [1.165, 1.54) is 17.0 Å². The molecular weight excluding hydrogens is 324 g/mol. The molecule has 2 rings (SSSR count). The Balaban J connectivity index is 2.51. The molecule has 0 saturated heterocycles. The molecule has 1 aromatic carbocycles. The molecule has 6 heteroatoms. The number of carbonyl (C=O) groups excluding carboxylic acids is 2. The number of nitrogens with zero attached hydrogens (tertiary/aromatic N) is 1. The first-order chi connectivity index (χ1) is 8.47. The third-order valence-electron chi connectivity index (χ3n) is 2.77. The Morgan fingerprint density at radius 2 is 2.11 bits per heavy atom. The number of alkyl halides is 1. The molecule has 1 aromatic rings. The third kappa shape index (κ3) is 2.06. The summed E-state index contributed by atoms with van der Waals surface area (Å²) < 4.78 is 13.8. The maximum Gasteiger partial charge on any atom is 0.299 e. The van der Waals surface area contributed by atoms with E-state index in [-0.39, 0.29) is 28.7 Å². The summed E-state index contributed by atoms with van der Waals surface area (Å²) in [5.41, 5.74) is -0.0197. The van der Waals surface area contributed by atoms with Crippen LogP contribution in [-0.2, 0) is 4.79 Å². The van der Waals surface area contributed by atoms with Crippen LogP contribution in [0.4, 0.5) is 10.1 Å². The van der Waals surface area contributed by atoms with Gasteiger partial charge in [-0.1, -0.05) is 34.5 Å². The average molecular weight is 335 g/mol. The summed E-state index contributed by atoms with van der Waals surface area (Å²) in [5, 5.41) is 0.765. The summed E-state index contributed by atoms with van der Waals surface area (Å²) in [6.45, 7) is 2.17. The van der Waals surface area contributed by atoms with Crippen LogP contribution in [0.15, 0.2) is 12.1 Å².